The van der Waals surface area contributed by atoms with E-state index in [1.54, 1.807) is 0 Å². The summed E-state index contributed by atoms with van der Waals surface area (Å²) in [4.78, 5) is 15.2. The maximum atomic E-state index is 12.8. The molecule has 33 heavy (non-hydrogen) atoms. The van der Waals surface area contributed by atoms with Crippen molar-refractivity contribution in [2.75, 3.05) is 31.5 Å². The van der Waals surface area contributed by atoms with Crippen molar-refractivity contribution in [3.63, 3.8) is 0 Å². The Balaban J connectivity index is 0.00000259. The molecule has 0 spiro atoms. The molecule has 0 aliphatic carbocycles. The first-order valence-electron chi connectivity index (χ1n) is 11.1. The van der Waals surface area contributed by atoms with Crippen LogP contribution < -0.4 is 10.6 Å². The molecule has 0 saturated carbocycles. The Kier molecular flexibility index (Phi) is 7.14. The first-order valence-corrected chi connectivity index (χ1v) is 11.1. The number of furan rings is 1. The van der Waals surface area contributed by atoms with E-state index in [2.05, 4.69) is 33.7 Å². The van der Waals surface area contributed by atoms with Crippen LogP contribution in [-0.4, -0.2) is 37.0 Å². The van der Waals surface area contributed by atoms with E-state index in [0.717, 1.165) is 66.3 Å². The molecule has 0 unspecified atom stereocenters. The van der Waals surface area contributed by atoms with E-state index in [4.69, 9.17) is 4.42 Å². The third-order valence-electron chi connectivity index (χ3n) is 5.95. The highest BCUT2D eigenvalue weighted by Crippen LogP contribution is 2.33. The lowest BCUT2D eigenvalue weighted by atomic mass is 10.1. The largest absolute Gasteiger partial charge is 0.456 e. The highest BCUT2D eigenvalue weighted by atomic mass is 35.5. The van der Waals surface area contributed by atoms with E-state index in [9.17, 15) is 4.79 Å². The smallest absolute Gasteiger partial charge is 0.255 e. The fourth-order valence-corrected chi connectivity index (χ4v) is 4.16. The molecular formula is C27H28ClN3O2. The quantitative estimate of drug-likeness (QED) is 0.412. The zero-order valence-corrected chi connectivity index (χ0v) is 19.5. The molecule has 0 bridgehead atoms. The van der Waals surface area contributed by atoms with Gasteiger partial charge in [0.05, 0.1) is 5.69 Å². The van der Waals surface area contributed by atoms with Crippen LogP contribution in [0.1, 0.15) is 21.5 Å². The summed E-state index contributed by atoms with van der Waals surface area (Å²) in [5.74, 6) is 0.617. The SMILES string of the molecule is Cc1ccc(C(=O)Nc2ccccc2-c2cc3cc(CN4CCNCC4)ccc3o2)cc1.Cl. The van der Waals surface area contributed by atoms with Crippen LogP contribution >= 0.6 is 12.4 Å². The number of piperazine rings is 1. The van der Waals surface area contributed by atoms with Gasteiger partial charge in [-0.1, -0.05) is 35.9 Å². The second-order valence-electron chi connectivity index (χ2n) is 8.37. The number of amides is 1. The van der Waals surface area contributed by atoms with Gasteiger partial charge in [0.15, 0.2) is 0 Å². The number of carbonyl (C=O) groups is 1. The summed E-state index contributed by atoms with van der Waals surface area (Å²) >= 11 is 0. The summed E-state index contributed by atoms with van der Waals surface area (Å²) in [6.45, 7) is 7.19. The van der Waals surface area contributed by atoms with E-state index in [1.165, 1.54) is 5.56 Å². The number of hydrogen-bond acceptors (Lipinski definition) is 4. The molecule has 1 saturated heterocycles. The van der Waals surface area contributed by atoms with Crippen molar-refractivity contribution in [3.8, 4) is 11.3 Å². The summed E-state index contributed by atoms with van der Waals surface area (Å²) < 4.78 is 6.17. The number of rotatable bonds is 5. The van der Waals surface area contributed by atoms with Crippen molar-refractivity contribution in [1.82, 2.24) is 10.2 Å². The highest BCUT2D eigenvalue weighted by Gasteiger charge is 2.15. The van der Waals surface area contributed by atoms with Gasteiger partial charge in [0.1, 0.15) is 11.3 Å². The number of para-hydroxylation sites is 1. The Morgan fingerprint density at radius 1 is 1.00 bits per heavy atom. The van der Waals surface area contributed by atoms with Crippen LogP contribution in [0.2, 0.25) is 0 Å². The third kappa shape index (κ3) is 5.28. The van der Waals surface area contributed by atoms with Gasteiger partial charge in [-0.05, 0) is 55.0 Å². The lowest BCUT2D eigenvalue weighted by molar-refractivity contribution is 0.102. The minimum absolute atomic E-state index is 0. The van der Waals surface area contributed by atoms with Gasteiger partial charge in [-0.15, -0.1) is 12.4 Å². The molecule has 6 heteroatoms. The van der Waals surface area contributed by atoms with E-state index in [0.29, 0.717) is 5.56 Å². The zero-order valence-electron chi connectivity index (χ0n) is 18.6. The number of fused-ring (bicyclic) bond motifs is 1. The molecule has 4 aromatic rings. The number of nitrogens with zero attached hydrogens (tertiary/aromatic N) is 1. The Morgan fingerprint density at radius 3 is 2.55 bits per heavy atom. The van der Waals surface area contributed by atoms with Gasteiger partial charge >= 0.3 is 0 Å². The number of nitrogens with one attached hydrogen (secondary N) is 2. The fraction of sp³-hybridized carbons (Fsp3) is 0.222. The van der Waals surface area contributed by atoms with Crippen LogP contribution in [0.5, 0.6) is 0 Å². The second-order valence-corrected chi connectivity index (χ2v) is 8.37. The first kappa shape index (κ1) is 23.1. The maximum Gasteiger partial charge on any atom is 0.255 e. The molecule has 1 fully saturated rings. The van der Waals surface area contributed by atoms with Crippen LogP contribution in [0, 0.1) is 6.92 Å². The predicted octanol–water partition coefficient (Wildman–Crippen LogP) is 5.49. The van der Waals surface area contributed by atoms with E-state index < -0.39 is 0 Å². The molecule has 0 radical (unpaired) electrons. The van der Waals surface area contributed by atoms with Crippen molar-refractivity contribution >= 4 is 35.0 Å². The Bertz CT molecular complexity index is 1240. The van der Waals surface area contributed by atoms with E-state index in [-0.39, 0.29) is 18.3 Å². The molecule has 3 aromatic carbocycles. The summed E-state index contributed by atoms with van der Waals surface area (Å²) in [6, 6.07) is 23.8. The normalized spacial score (nSPS) is 14.1. The van der Waals surface area contributed by atoms with Crippen LogP contribution in [-0.2, 0) is 6.54 Å². The topological polar surface area (TPSA) is 57.5 Å². The van der Waals surface area contributed by atoms with Crippen molar-refractivity contribution in [2.24, 2.45) is 0 Å². The molecule has 2 heterocycles. The van der Waals surface area contributed by atoms with Crippen LogP contribution in [0.4, 0.5) is 5.69 Å². The average molecular weight is 462 g/mol. The highest BCUT2D eigenvalue weighted by molar-refractivity contribution is 6.06. The van der Waals surface area contributed by atoms with Crippen molar-refractivity contribution < 1.29 is 9.21 Å². The minimum Gasteiger partial charge on any atom is -0.456 e. The maximum absolute atomic E-state index is 12.8. The number of hydrogen-bond donors (Lipinski definition) is 2. The number of halogens is 1. The molecule has 1 amide bonds. The van der Waals surface area contributed by atoms with Crippen LogP contribution in [0.15, 0.2) is 77.2 Å². The minimum atomic E-state index is -0.133. The summed E-state index contributed by atoms with van der Waals surface area (Å²) in [5.41, 5.74) is 5.50. The standard InChI is InChI=1S/C27H27N3O2.ClH/c1-19-6-9-21(10-7-19)27(31)29-24-5-3-2-4-23(24)26-17-22-16-20(8-11-25(22)32-26)18-30-14-12-28-13-15-30;/h2-11,16-17,28H,12-15,18H2,1H3,(H,29,31);1H. The molecule has 170 valence electrons. The zero-order chi connectivity index (χ0) is 21.9. The van der Waals surface area contributed by atoms with Gasteiger partial charge in [0, 0.05) is 49.2 Å². The molecule has 1 aliphatic rings. The number of carbonyl (C=O) groups excluding carboxylic acids is 1. The van der Waals surface area contributed by atoms with E-state index >= 15 is 0 Å². The molecule has 1 aliphatic heterocycles. The molecule has 5 nitrogen and oxygen atoms in total. The van der Waals surface area contributed by atoms with Crippen LogP contribution in [0.25, 0.3) is 22.3 Å². The molecule has 0 atom stereocenters. The number of benzene rings is 3. The Morgan fingerprint density at radius 2 is 1.76 bits per heavy atom. The summed E-state index contributed by atoms with van der Waals surface area (Å²) in [5, 5.41) is 7.52. The lowest BCUT2D eigenvalue weighted by Gasteiger charge is -2.27. The van der Waals surface area contributed by atoms with Crippen molar-refractivity contribution in [3.05, 3.63) is 89.5 Å². The summed E-state index contributed by atoms with van der Waals surface area (Å²) in [6.07, 6.45) is 0. The lowest BCUT2D eigenvalue weighted by Crippen LogP contribution is -2.42. The van der Waals surface area contributed by atoms with Gasteiger partial charge in [-0.3, -0.25) is 9.69 Å². The number of aryl methyl sites for hydroxylation is 1. The van der Waals surface area contributed by atoms with Crippen molar-refractivity contribution in [1.29, 1.82) is 0 Å². The number of anilines is 1. The van der Waals surface area contributed by atoms with Crippen molar-refractivity contribution in [2.45, 2.75) is 13.5 Å². The van der Waals surface area contributed by atoms with Gasteiger partial charge in [-0.2, -0.15) is 0 Å². The first-order chi connectivity index (χ1) is 15.7. The third-order valence-corrected chi connectivity index (χ3v) is 5.95. The van der Waals surface area contributed by atoms with Gasteiger partial charge < -0.3 is 15.1 Å². The average Bonchev–Trinajstić information content (AvgIpc) is 3.24. The molecule has 5 rings (SSSR count). The van der Waals surface area contributed by atoms with Gasteiger partial charge in [0.25, 0.3) is 5.91 Å². The molecule has 1 aromatic heterocycles. The molecular weight excluding hydrogens is 434 g/mol. The second kappa shape index (κ2) is 10.2. The predicted molar refractivity (Wildman–Crippen MR) is 136 cm³/mol. The van der Waals surface area contributed by atoms with E-state index in [1.807, 2.05) is 61.5 Å². The van der Waals surface area contributed by atoms with Gasteiger partial charge in [0.2, 0.25) is 0 Å². The monoisotopic (exact) mass is 461 g/mol. The fourth-order valence-electron chi connectivity index (χ4n) is 4.16. The molecule has 2 N–H and O–H groups in total. The Hall–Kier alpha value is -3.12. The van der Waals surface area contributed by atoms with Crippen LogP contribution in [0.3, 0.4) is 0 Å². The summed E-state index contributed by atoms with van der Waals surface area (Å²) in [7, 11) is 0. The Labute approximate surface area is 200 Å². The van der Waals surface area contributed by atoms with Gasteiger partial charge in [-0.25, -0.2) is 0 Å².